The molecule has 2 unspecified atom stereocenters. The van der Waals surface area contributed by atoms with Crippen LogP contribution in [0.5, 0.6) is 5.75 Å². The molecule has 0 spiro atoms. The second-order valence-corrected chi connectivity index (χ2v) is 11.6. The molecule has 0 saturated heterocycles. The summed E-state index contributed by atoms with van der Waals surface area (Å²) in [5.74, 6) is 1.96. The summed E-state index contributed by atoms with van der Waals surface area (Å²) in [5.41, 5.74) is 0.407. The summed E-state index contributed by atoms with van der Waals surface area (Å²) in [5, 5.41) is 0. The highest BCUT2D eigenvalue weighted by Gasteiger charge is 2.45. The Morgan fingerprint density at radius 1 is 1.10 bits per heavy atom. The van der Waals surface area contributed by atoms with Crippen LogP contribution >= 0.6 is 0 Å². The van der Waals surface area contributed by atoms with E-state index >= 15 is 4.39 Å². The van der Waals surface area contributed by atoms with Gasteiger partial charge in [0.2, 0.25) is 0 Å². The first-order chi connectivity index (χ1) is 14.0. The van der Waals surface area contributed by atoms with Crippen molar-refractivity contribution in [1.29, 1.82) is 0 Å². The lowest BCUT2D eigenvalue weighted by Crippen LogP contribution is -2.42. The van der Waals surface area contributed by atoms with Crippen LogP contribution in [0.15, 0.2) is 12.1 Å². The zero-order valence-electron chi connectivity index (χ0n) is 19.2. The van der Waals surface area contributed by atoms with E-state index in [2.05, 4.69) is 13.8 Å². The molecule has 3 aliphatic rings. The number of halogens is 1. The highest BCUT2D eigenvalue weighted by Crippen LogP contribution is 2.53. The highest BCUT2D eigenvalue weighted by molar-refractivity contribution is 5.92. The largest absolute Gasteiger partial charge is 0.493 e. The molecule has 2 atom stereocenters. The van der Waals surface area contributed by atoms with Crippen molar-refractivity contribution in [2.45, 2.75) is 91.1 Å². The number of hydrogen-bond acceptors (Lipinski definition) is 3. The first kappa shape index (κ1) is 21.6. The third kappa shape index (κ3) is 4.84. The Morgan fingerprint density at radius 3 is 2.30 bits per heavy atom. The SMILES string of the molecule is CC1CC2CC(C)CC(COc3cc(F)c(C(=O)OC(C)(C)C)c(C4CC4)c3)(C1)C2. The molecule has 0 aromatic heterocycles. The molecular formula is C26H37FO3. The van der Waals surface area contributed by atoms with Gasteiger partial charge in [0.15, 0.2) is 0 Å². The summed E-state index contributed by atoms with van der Waals surface area (Å²) >= 11 is 0. The van der Waals surface area contributed by atoms with Crippen LogP contribution in [-0.2, 0) is 4.74 Å². The number of hydrogen-bond donors (Lipinski definition) is 0. The van der Waals surface area contributed by atoms with E-state index in [1.54, 1.807) is 20.8 Å². The van der Waals surface area contributed by atoms with E-state index in [1.165, 1.54) is 38.2 Å². The number of carbonyl (C=O) groups excluding carboxylic acids is 1. The number of fused-ring (bicyclic) bond motifs is 2. The van der Waals surface area contributed by atoms with Crippen molar-refractivity contribution < 1.29 is 18.7 Å². The summed E-state index contributed by atoms with van der Waals surface area (Å²) < 4.78 is 26.8. The van der Waals surface area contributed by atoms with Crippen molar-refractivity contribution in [3.63, 3.8) is 0 Å². The minimum Gasteiger partial charge on any atom is -0.493 e. The lowest BCUT2D eigenvalue weighted by molar-refractivity contribution is -0.0166. The van der Waals surface area contributed by atoms with Crippen molar-refractivity contribution >= 4 is 5.97 Å². The predicted molar refractivity (Wildman–Crippen MR) is 116 cm³/mol. The van der Waals surface area contributed by atoms with Crippen LogP contribution in [0.1, 0.15) is 101 Å². The molecule has 0 heterocycles. The van der Waals surface area contributed by atoms with Crippen LogP contribution in [-0.4, -0.2) is 18.2 Å². The molecular weight excluding hydrogens is 379 g/mol. The van der Waals surface area contributed by atoms with E-state index in [0.29, 0.717) is 12.4 Å². The molecule has 1 aromatic carbocycles. The third-order valence-electron chi connectivity index (χ3n) is 7.02. The van der Waals surface area contributed by atoms with Gasteiger partial charge in [-0.05, 0) is 101 Å². The molecule has 0 amide bonds. The maximum absolute atomic E-state index is 15.1. The van der Waals surface area contributed by atoms with Crippen LogP contribution in [0.2, 0.25) is 0 Å². The second kappa shape index (κ2) is 7.84. The van der Waals surface area contributed by atoms with Gasteiger partial charge in [0.25, 0.3) is 0 Å². The van der Waals surface area contributed by atoms with Gasteiger partial charge >= 0.3 is 5.97 Å². The van der Waals surface area contributed by atoms with Crippen LogP contribution < -0.4 is 4.74 Å². The van der Waals surface area contributed by atoms with Gasteiger partial charge in [-0.1, -0.05) is 13.8 Å². The lowest BCUT2D eigenvalue weighted by Gasteiger charge is -2.49. The van der Waals surface area contributed by atoms with E-state index in [4.69, 9.17) is 9.47 Å². The van der Waals surface area contributed by atoms with Crippen LogP contribution in [0.3, 0.4) is 0 Å². The average Bonchev–Trinajstić information content (AvgIpc) is 3.41. The molecule has 4 heteroatoms. The van der Waals surface area contributed by atoms with Crippen molar-refractivity contribution in [1.82, 2.24) is 0 Å². The third-order valence-corrected chi connectivity index (χ3v) is 7.02. The number of carbonyl (C=O) groups is 1. The fourth-order valence-electron chi connectivity index (χ4n) is 6.27. The number of ether oxygens (including phenoxy) is 2. The monoisotopic (exact) mass is 416 g/mol. The first-order valence-electron chi connectivity index (χ1n) is 11.7. The van der Waals surface area contributed by atoms with Gasteiger partial charge in [0.1, 0.15) is 17.2 Å². The Balaban J connectivity index is 1.54. The molecule has 3 aliphatic carbocycles. The summed E-state index contributed by atoms with van der Waals surface area (Å²) in [6.45, 7) is 10.8. The zero-order chi connectivity index (χ0) is 21.7. The Labute approximate surface area is 180 Å². The van der Waals surface area contributed by atoms with E-state index in [-0.39, 0.29) is 16.9 Å². The number of esters is 1. The van der Waals surface area contributed by atoms with Gasteiger partial charge in [0, 0.05) is 11.5 Å². The standard InChI is InChI=1S/C26H37FO3/c1-16-8-18-9-17(2)13-26(12-16,14-18)15-29-20-10-21(19-6-7-19)23(22(27)11-20)24(28)30-25(3,4)5/h10-11,16-19H,6-9,12-15H2,1-5H3. The van der Waals surface area contributed by atoms with Gasteiger partial charge in [-0.3, -0.25) is 0 Å². The molecule has 3 fully saturated rings. The maximum Gasteiger partial charge on any atom is 0.341 e. The minimum absolute atomic E-state index is 0.0931. The van der Waals surface area contributed by atoms with E-state index in [0.717, 1.165) is 36.2 Å². The fraction of sp³-hybridized carbons (Fsp3) is 0.731. The van der Waals surface area contributed by atoms with Crippen molar-refractivity contribution in [2.24, 2.45) is 23.2 Å². The first-order valence-corrected chi connectivity index (χ1v) is 11.7. The molecule has 166 valence electrons. The fourth-order valence-corrected chi connectivity index (χ4v) is 6.27. The van der Waals surface area contributed by atoms with E-state index < -0.39 is 17.4 Å². The molecule has 30 heavy (non-hydrogen) atoms. The smallest absolute Gasteiger partial charge is 0.341 e. The molecule has 3 saturated carbocycles. The van der Waals surface area contributed by atoms with Crippen LogP contribution in [0.4, 0.5) is 4.39 Å². The lowest BCUT2D eigenvalue weighted by atomic mass is 9.57. The van der Waals surface area contributed by atoms with Crippen molar-refractivity contribution in [3.8, 4) is 5.75 Å². The Bertz CT molecular complexity index is 786. The molecule has 3 nitrogen and oxygen atoms in total. The molecule has 0 N–H and O–H groups in total. The van der Waals surface area contributed by atoms with Gasteiger partial charge < -0.3 is 9.47 Å². The molecule has 1 aromatic rings. The summed E-state index contributed by atoms with van der Waals surface area (Å²) in [6, 6.07) is 3.28. The minimum atomic E-state index is -0.648. The average molecular weight is 417 g/mol. The molecule has 0 radical (unpaired) electrons. The van der Waals surface area contributed by atoms with Crippen molar-refractivity contribution in [2.75, 3.05) is 6.61 Å². The Kier molecular flexibility index (Phi) is 5.65. The Hall–Kier alpha value is -1.58. The second-order valence-electron chi connectivity index (χ2n) is 11.6. The summed E-state index contributed by atoms with van der Waals surface area (Å²) in [6.07, 6.45) is 8.26. The van der Waals surface area contributed by atoms with E-state index in [1.807, 2.05) is 6.07 Å². The number of benzene rings is 1. The van der Waals surface area contributed by atoms with Gasteiger partial charge in [-0.2, -0.15) is 0 Å². The van der Waals surface area contributed by atoms with Crippen molar-refractivity contribution in [3.05, 3.63) is 29.1 Å². The molecule has 4 rings (SSSR count). The van der Waals surface area contributed by atoms with Gasteiger partial charge in [0.05, 0.1) is 12.2 Å². The maximum atomic E-state index is 15.1. The molecule has 0 aliphatic heterocycles. The summed E-state index contributed by atoms with van der Waals surface area (Å²) in [7, 11) is 0. The topological polar surface area (TPSA) is 35.5 Å². The van der Waals surface area contributed by atoms with E-state index in [9.17, 15) is 4.79 Å². The van der Waals surface area contributed by atoms with Crippen LogP contribution in [0.25, 0.3) is 0 Å². The van der Waals surface area contributed by atoms with Crippen LogP contribution in [0, 0.1) is 29.0 Å². The predicted octanol–water partition coefficient (Wildman–Crippen LogP) is 6.89. The van der Waals surface area contributed by atoms with Gasteiger partial charge in [-0.15, -0.1) is 0 Å². The highest BCUT2D eigenvalue weighted by atomic mass is 19.1. The normalized spacial score (nSPS) is 31.3. The molecule has 2 bridgehead atoms. The quantitative estimate of drug-likeness (QED) is 0.490. The Morgan fingerprint density at radius 2 is 1.73 bits per heavy atom. The zero-order valence-corrected chi connectivity index (χ0v) is 19.2. The van der Waals surface area contributed by atoms with Gasteiger partial charge in [-0.25, -0.2) is 9.18 Å². The number of rotatable bonds is 5. The summed E-state index contributed by atoms with van der Waals surface area (Å²) in [4.78, 5) is 12.7.